The number of rotatable bonds is 10. The first kappa shape index (κ1) is 21.2. The molecule has 150 valence electrons. The molecule has 0 bridgehead atoms. The third-order valence-corrected chi connectivity index (χ3v) is 5.33. The average molecular weight is 377 g/mol. The Hall–Kier alpha value is -2.12. The molecule has 1 saturated heterocycles. The minimum Gasteiger partial charge on any atom is -0.394 e. The highest BCUT2D eigenvalue weighted by molar-refractivity contribution is 5.79. The van der Waals surface area contributed by atoms with Crippen molar-refractivity contribution in [3.05, 3.63) is 29.8 Å². The molecule has 0 aromatic heterocycles. The lowest BCUT2D eigenvalue weighted by atomic mass is 9.94. The fraction of sp³-hybridized carbons (Fsp3) is 0.600. The van der Waals surface area contributed by atoms with Crippen molar-refractivity contribution < 1.29 is 19.4 Å². The average Bonchev–Trinajstić information content (AvgIpc) is 3.16. The second kappa shape index (κ2) is 10.3. The number of methoxy groups -OCH3 is 1. The van der Waals surface area contributed by atoms with Crippen molar-refractivity contribution in [2.75, 3.05) is 32.6 Å². The lowest BCUT2D eigenvalue weighted by Gasteiger charge is -2.32. The van der Waals surface area contributed by atoms with Gasteiger partial charge in [0.15, 0.2) is 0 Å². The van der Waals surface area contributed by atoms with E-state index in [9.17, 15) is 14.7 Å². The lowest BCUT2D eigenvalue weighted by Crippen LogP contribution is -2.50. The number of hydrogen-bond donors (Lipinski definition) is 3. The molecule has 0 saturated carbocycles. The molecule has 2 rings (SSSR count). The van der Waals surface area contributed by atoms with Crippen LogP contribution in [0.25, 0.3) is 0 Å². The predicted octanol–water partition coefficient (Wildman–Crippen LogP) is 1.02. The molecule has 3 N–H and O–H groups in total. The van der Waals surface area contributed by atoms with E-state index in [1.807, 2.05) is 31.3 Å². The third-order valence-electron chi connectivity index (χ3n) is 5.33. The fourth-order valence-corrected chi connectivity index (χ4v) is 3.73. The SMILES string of the molecule is CNc1ccc(CC(CO)NC(=O)C(C)C(OC)C2CCCN2C=O)cc1. The van der Waals surface area contributed by atoms with Crippen LogP contribution in [0, 0.1) is 5.92 Å². The van der Waals surface area contributed by atoms with Crippen LogP contribution in [0.3, 0.4) is 0 Å². The van der Waals surface area contributed by atoms with Crippen LogP contribution >= 0.6 is 0 Å². The van der Waals surface area contributed by atoms with E-state index in [0.29, 0.717) is 13.0 Å². The summed E-state index contributed by atoms with van der Waals surface area (Å²) in [6.45, 7) is 2.36. The van der Waals surface area contributed by atoms with E-state index in [2.05, 4.69) is 10.6 Å². The number of nitrogens with one attached hydrogen (secondary N) is 2. The molecular formula is C20H31N3O4. The fourth-order valence-electron chi connectivity index (χ4n) is 3.73. The Bertz CT molecular complexity index is 608. The topological polar surface area (TPSA) is 90.9 Å². The zero-order chi connectivity index (χ0) is 19.8. The maximum atomic E-state index is 12.7. The van der Waals surface area contributed by atoms with Gasteiger partial charge in [-0.3, -0.25) is 9.59 Å². The molecule has 0 radical (unpaired) electrons. The number of likely N-dealkylation sites (tertiary alicyclic amines) is 1. The quantitative estimate of drug-likeness (QED) is 0.530. The summed E-state index contributed by atoms with van der Waals surface area (Å²) in [5.74, 6) is -0.605. The molecule has 0 aliphatic carbocycles. The molecule has 27 heavy (non-hydrogen) atoms. The van der Waals surface area contributed by atoms with Crippen LogP contribution in [0.5, 0.6) is 0 Å². The molecule has 7 heteroatoms. The zero-order valence-corrected chi connectivity index (χ0v) is 16.4. The standard InChI is InChI=1S/C20H31N3O4/c1-14(19(27-3)18-5-4-10-23(18)13-25)20(26)22-17(12-24)11-15-6-8-16(21-2)9-7-15/h6-9,13-14,17-19,21,24H,4-5,10-12H2,1-3H3,(H,22,26). The third kappa shape index (κ3) is 5.43. The van der Waals surface area contributed by atoms with Crippen molar-refractivity contribution in [1.29, 1.82) is 0 Å². The van der Waals surface area contributed by atoms with Crippen molar-refractivity contribution in [2.24, 2.45) is 5.92 Å². The van der Waals surface area contributed by atoms with E-state index < -0.39 is 5.92 Å². The summed E-state index contributed by atoms with van der Waals surface area (Å²) in [4.78, 5) is 25.7. The number of amides is 2. The van der Waals surface area contributed by atoms with Gasteiger partial charge in [0.05, 0.1) is 30.7 Å². The van der Waals surface area contributed by atoms with E-state index in [4.69, 9.17) is 4.74 Å². The highest BCUT2D eigenvalue weighted by Gasteiger charge is 2.37. The Labute approximate surface area is 161 Å². The molecule has 1 aliphatic rings. The summed E-state index contributed by atoms with van der Waals surface area (Å²) in [6.07, 6.45) is 2.75. The molecule has 1 fully saturated rings. The van der Waals surface area contributed by atoms with Crippen LogP contribution in [-0.2, 0) is 20.7 Å². The van der Waals surface area contributed by atoms with Gasteiger partial charge >= 0.3 is 0 Å². The Morgan fingerprint density at radius 2 is 2.11 bits per heavy atom. The van der Waals surface area contributed by atoms with E-state index in [1.54, 1.807) is 18.9 Å². The lowest BCUT2D eigenvalue weighted by molar-refractivity contribution is -0.134. The minimum atomic E-state index is -0.429. The van der Waals surface area contributed by atoms with E-state index in [1.165, 1.54) is 0 Å². The number of aliphatic hydroxyl groups excluding tert-OH is 1. The van der Waals surface area contributed by atoms with Crippen LogP contribution in [-0.4, -0.2) is 67.8 Å². The molecule has 1 aromatic carbocycles. The van der Waals surface area contributed by atoms with Gasteiger partial charge < -0.3 is 25.4 Å². The summed E-state index contributed by atoms with van der Waals surface area (Å²) in [6, 6.07) is 7.41. The number of anilines is 1. The highest BCUT2D eigenvalue weighted by atomic mass is 16.5. The maximum absolute atomic E-state index is 12.7. The van der Waals surface area contributed by atoms with Gasteiger partial charge in [-0.2, -0.15) is 0 Å². The number of hydrogen-bond acceptors (Lipinski definition) is 5. The molecule has 1 aliphatic heterocycles. The maximum Gasteiger partial charge on any atom is 0.225 e. The van der Waals surface area contributed by atoms with Crippen molar-refractivity contribution in [2.45, 2.75) is 44.4 Å². The van der Waals surface area contributed by atoms with Crippen molar-refractivity contribution in [1.82, 2.24) is 10.2 Å². The van der Waals surface area contributed by atoms with Crippen LogP contribution < -0.4 is 10.6 Å². The van der Waals surface area contributed by atoms with Crippen LogP contribution in [0.2, 0.25) is 0 Å². The normalized spacial score (nSPS) is 20.0. The number of carbonyl (C=O) groups is 2. The van der Waals surface area contributed by atoms with Crippen molar-refractivity contribution >= 4 is 18.0 Å². The summed E-state index contributed by atoms with van der Waals surface area (Å²) in [5, 5.41) is 15.7. The summed E-state index contributed by atoms with van der Waals surface area (Å²) < 4.78 is 5.58. The molecule has 4 atom stereocenters. The number of carbonyl (C=O) groups excluding carboxylic acids is 2. The number of nitrogens with zero attached hydrogens (tertiary/aromatic N) is 1. The highest BCUT2D eigenvalue weighted by Crippen LogP contribution is 2.25. The Morgan fingerprint density at radius 1 is 1.41 bits per heavy atom. The second-order valence-electron chi connectivity index (χ2n) is 7.08. The van der Waals surface area contributed by atoms with Gasteiger partial charge in [0, 0.05) is 26.4 Å². The summed E-state index contributed by atoms with van der Waals surface area (Å²) in [5.41, 5.74) is 2.04. The van der Waals surface area contributed by atoms with Gasteiger partial charge in [-0.05, 0) is 37.0 Å². The first-order valence-corrected chi connectivity index (χ1v) is 9.45. The Morgan fingerprint density at radius 3 is 2.67 bits per heavy atom. The summed E-state index contributed by atoms with van der Waals surface area (Å²) in [7, 11) is 3.43. The van der Waals surface area contributed by atoms with Gasteiger partial charge in [-0.1, -0.05) is 19.1 Å². The molecule has 7 nitrogen and oxygen atoms in total. The van der Waals surface area contributed by atoms with Crippen molar-refractivity contribution in [3.63, 3.8) is 0 Å². The van der Waals surface area contributed by atoms with E-state index >= 15 is 0 Å². The number of benzene rings is 1. The largest absolute Gasteiger partial charge is 0.394 e. The van der Waals surface area contributed by atoms with Gasteiger partial charge in [0.2, 0.25) is 12.3 Å². The molecule has 4 unspecified atom stereocenters. The molecule has 1 heterocycles. The van der Waals surface area contributed by atoms with Crippen LogP contribution in [0.1, 0.15) is 25.3 Å². The van der Waals surface area contributed by atoms with Crippen molar-refractivity contribution in [3.8, 4) is 0 Å². The van der Waals surface area contributed by atoms with Gasteiger partial charge in [0.1, 0.15) is 0 Å². The minimum absolute atomic E-state index is 0.0880. The first-order valence-electron chi connectivity index (χ1n) is 9.45. The molecule has 0 spiro atoms. The van der Waals surface area contributed by atoms with Gasteiger partial charge in [-0.15, -0.1) is 0 Å². The smallest absolute Gasteiger partial charge is 0.225 e. The Kier molecular flexibility index (Phi) is 8.06. The summed E-state index contributed by atoms with van der Waals surface area (Å²) >= 11 is 0. The van der Waals surface area contributed by atoms with E-state index in [0.717, 1.165) is 30.5 Å². The second-order valence-corrected chi connectivity index (χ2v) is 7.08. The molecule has 1 aromatic rings. The zero-order valence-electron chi connectivity index (χ0n) is 16.4. The number of ether oxygens (including phenoxy) is 1. The van der Waals surface area contributed by atoms with Gasteiger partial charge in [0.25, 0.3) is 0 Å². The number of aliphatic hydroxyl groups is 1. The monoisotopic (exact) mass is 377 g/mol. The Balaban J connectivity index is 1.98. The molecule has 2 amide bonds. The van der Waals surface area contributed by atoms with E-state index in [-0.39, 0.29) is 30.7 Å². The molecular weight excluding hydrogens is 346 g/mol. The van der Waals surface area contributed by atoms with Crippen LogP contribution in [0.15, 0.2) is 24.3 Å². The first-order chi connectivity index (χ1) is 13.0. The predicted molar refractivity (Wildman–Crippen MR) is 104 cm³/mol. The van der Waals surface area contributed by atoms with Crippen LogP contribution in [0.4, 0.5) is 5.69 Å². The van der Waals surface area contributed by atoms with Gasteiger partial charge in [-0.25, -0.2) is 0 Å².